The zero-order chi connectivity index (χ0) is 44.2. The molecule has 6 aromatic rings. The summed E-state index contributed by atoms with van der Waals surface area (Å²) in [5.41, 5.74) is -1.22. The average molecular weight is 829 g/mol. The van der Waals surface area contributed by atoms with Gasteiger partial charge in [0.1, 0.15) is 0 Å². The first kappa shape index (κ1) is 43.9. The van der Waals surface area contributed by atoms with Crippen molar-refractivity contribution in [3.63, 3.8) is 0 Å². The fraction of sp³-hybridized carbons (Fsp3) is 0.130. The van der Waals surface area contributed by atoms with Crippen molar-refractivity contribution in [2.45, 2.75) is 37.0 Å². The molecule has 8 nitrogen and oxygen atoms in total. The molecule has 0 amide bonds. The Balaban J connectivity index is 0.000000233. The van der Waals surface area contributed by atoms with Crippen LogP contribution in [0.1, 0.15) is 77.5 Å². The Labute approximate surface area is 338 Å². The van der Waals surface area contributed by atoms with Gasteiger partial charge in [0.05, 0.1) is 22.3 Å². The lowest BCUT2D eigenvalue weighted by Gasteiger charge is -2.38. The summed E-state index contributed by atoms with van der Waals surface area (Å²) in [6, 6.07) is 34.7. The third-order valence-electron chi connectivity index (χ3n) is 10.1. The van der Waals surface area contributed by atoms with Crippen LogP contribution in [0.15, 0.2) is 146 Å². The summed E-state index contributed by atoms with van der Waals surface area (Å²) in [5.74, 6) is -4.89. The van der Waals surface area contributed by atoms with Crippen LogP contribution in [0.2, 0.25) is 0 Å². The lowest BCUT2D eigenvalue weighted by Crippen LogP contribution is -2.54. The molecule has 14 heteroatoms. The van der Waals surface area contributed by atoms with Crippen molar-refractivity contribution >= 4 is 23.9 Å². The molecule has 0 heterocycles. The molecule has 6 aromatic carbocycles. The molecular formula is C46H34F6O8. The molecule has 308 valence electrons. The Kier molecular flexibility index (Phi) is 12.4. The maximum atomic E-state index is 13.8. The molecule has 6 rings (SSSR count). The van der Waals surface area contributed by atoms with Crippen molar-refractivity contribution in [1.82, 2.24) is 0 Å². The van der Waals surface area contributed by atoms with Crippen molar-refractivity contribution in [2.75, 3.05) is 0 Å². The average Bonchev–Trinajstić information content (AvgIpc) is 3.21. The van der Waals surface area contributed by atoms with E-state index >= 15 is 0 Å². The zero-order valence-electron chi connectivity index (χ0n) is 31.5. The van der Waals surface area contributed by atoms with Gasteiger partial charge in [-0.1, -0.05) is 111 Å². The Morgan fingerprint density at radius 2 is 0.517 bits per heavy atom. The van der Waals surface area contributed by atoms with Crippen molar-refractivity contribution in [3.8, 4) is 22.3 Å². The minimum atomic E-state index is -5.85. The van der Waals surface area contributed by atoms with Gasteiger partial charge in [-0.3, -0.25) is 0 Å². The van der Waals surface area contributed by atoms with Gasteiger partial charge in [0, 0.05) is 5.41 Å². The lowest BCUT2D eigenvalue weighted by molar-refractivity contribution is -0.288. The molecule has 0 saturated carbocycles. The van der Waals surface area contributed by atoms with Gasteiger partial charge < -0.3 is 20.4 Å². The third kappa shape index (κ3) is 8.92. The summed E-state index contributed by atoms with van der Waals surface area (Å²) in [7, 11) is 0. The van der Waals surface area contributed by atoms with Crippen molar-refractivity contribution in [2.24, 2.45) is 0 Å². The van der Waals surface area contributed by atoms with Crippen LogP contribution in [0.3, 0.4) is 0 Å². The summed E-state index contributed by atoms with van der Waals surface area (Å²) in [5, 5.41) is 35.7. The number of aromatic carboxylic acids is 4. The van der Waals surface area contributed by atoms with Crippen LogP contribution in [0.4, 0.5) is 26.3 Å². The van der Waals surface area contributed by atoms with E-state index in [0.717, 1.165) is 22.3 Å². The Hall–Kier alpha value is -7.22. The van der Waals surface area contributed by atoms with E-state index in [1.54, 1.807) is 24.3 Å². The number of carboxylic acids is 4. The maximum absolute atomic E-state index is 13.8. The SMILES string of the molecule is CC(C)(c1ccc(-c2ccc(C(=O)O)cc2)cc1)c1ccc(-c2ccc(C(=O)O)cc2)cc1.O=C(O)c1ccc(C(c2ccc(C(=O)O)cc2)(C(F)(F)F)C(F)(F)F)cc1. The first-order chi connectivity index (χ1) is 28.1. The summed E-state index contributed by atoms with van der Waals surface area (Å²) >= 11 is 0. The van der Waals surface area contributed by atoms with Crippen molar-refractivity contribution < 1.29 is 65.9 Å². The summed E-state index contributed by atoms with van der Waals surface area (Å²) in [6.07, 6.45) is -11.7. The van der Waals surface area contributed by atoms with Gasteiger partial charge >= 0.3 is 36.2 Å². The number of hydrogen-bond acceptors (Lipinski definition) is 4. The first-order valence-electron chi connectivity index (χ1n) is 17.8. The van der Waals surface area contributed by atoms with Gasteiger partial charge in [-0.2, -0.15) is 26.3 Å². The van der Waals surface area contributed by atoms with E-state index < -0.39 is 63.9 Å². The van der Waals surface area contributed by atoms with E-state index in [0.29, 0.717) is 48.5 Å². The number of hydrogen-bond donors (Lipinski definition) is 4. The molecule has 0 aliphatic carbocycles. The van der Waals surface area contributed by atoms with Gasteiger partial charge in [0.15, 0.2) is 0 Å². The van der Waals surface area contributed by atoms with Gasteiger partial charge in [-0.15, -0.1) is 0 Å². The zero-order valence-corrected chi connectivity index (χ0v) is 31.5. The number of rotatable bonds is 10. The first-order valence-corrected chi connectivity index (χ1v) is 17.8. The summed E-state index contributed by atoms with van der Waals surface area (Å²) in [6.45, 7) is 4.36. The van der Waals surface area contributed by atoms with Crippen LogP contribution in [-0.2, 0) is 10.8 Å². The second-order valence-electron chi connectivity index (χ2n) is 14.1. The highest BCUT2D eigenvalue weighted by molar-refractivity contribution is 5.89. The number of halogens is 6. The number of carboxylic acid groups (broad SMARTS) is 4. The minimum Gasteiger partial charge on any atom is -0.478 e. The molecule has 0 aliphatic heterocycles. The molecule has 0 fully saturated rings. The van der Waals surface area contributed by atoms with E-state index in [2.05, 4.69) is 62.4 Å². The Bertz CT molecular complexity index is 2310. The van der Waals surface area contributed by atoms with Crippen LogP contribution in [0, 0.1) is 0 Å². The van der Waals surface area contributed by atoms with Gasteiger partial charge in [0.25, 0.3) is 0 Å². The molecule has 0 aromatic heterocycles. The highest BCUT2D eigenvalue weighted by Crippen LogP contribution is 2.56. The summed E-state index contributed by atoms with van der Waals surface area (Å²) < 4.78 is 82.8. The molecule has 0 radical (unpaired) electrons. The summed E-state index contributed by atoms with van der Waals surface area (Å²) in [4.78, 5) is 43.8. The molecule has 0 aliphatic rings. The highest BCUT2D eigenvalue weighted by atomic mass is 19.4. The predicted octanol–water partition coefficient (Wildman–Crippen LogP) is 11.2. The van der Waals surface area contributed by atoms with Crippen molar-refractivity contribution in [3.05, 3.63) is 190 Å². The fourth-order valence-electron chi connectivity index (χ4n) is 6.64. The van der Waals surface area contributed by atoms with E-state index in [9.17, 15) is 45.5 Å². The topological polar surface area (TPSA) is 149 Å². The third-order valence-corrected chi connectivity index (χ3v) is 10.1. The maximum Gasteiger partial charge on any atom is 0.411 e. The van der Waals surface area contributed by atoms with Gasteiger partial charge in [-0.05, 0) is 93.0 Å². The van der Waals surface area contributed by atoms with Gasteiger partial charge in [0.2, 0.25) is 5.41 Å². The van der Waals surface area contributed by atoms with Crippen LogP contribution in [0.5, 0.6) is 0 Å². The molecule has 0 bridgehead atoms. The van der Waals surface area contributed by atoms with E-state index in [4.69, 9.17) is 20.4 Å². The number of benzene rings is 6. The van der Waals surface area contributed by atoms with Crippen LogP contribution < -0.4 is 0 Å². The van der Waals surface area contributed by atoms with Crippen LogP contribution in [-0.4, -0.2) is 56.7 Å². The van der Waals surface area contributed by atoms with Crippen LogP contribution >= 0.6 is 0 Å². The standard InChI is InChI=1S/C29H24O4.C17H10F6O4/c1-29(2,25-15-11-21(12-16-25)19-3-7-23(8-4-19)27(30)31)26-17-13-22(14-18-26)20-5-9-24(10-6-20)28(32)33;18-16(19,20)15(17(21,22)23,11-5-1-9(2-6-11)13(24)25)12-7-3-10(4-8-12)14(26)27/h3-18H,1-2H3,(H,30,31)(H,32,33);1-8H,(H,24,25)(H,26,27). The molecule has 0 atom stereocenters. The Morgan fingerprint density at radius 1 is 0.333 bits per heavy atom. The molecule has 0 saturated heterocycles. The Morgan fingerprint density at radius 3 is 0.717 bits per heavy atom. The quantitative estimate of drug-likeness (QED) is 0.0997. The monoisotopic (exact) mass is 828 g/mol. The van der Waals surface area contributed by atoms with Crippen LogP contribution in [0.25, 0.3) is 22.3 Å². The fourth-order valence-corrected chi connectivity index (χ4v) is 6.64. The highest BCUT2D eigenvalue weighted by Gasteiger charge is 2.72. The largest absolute Gasteiger partial charge is 0.478 e. The molecular weight excluding hydrogens is 794 g/mol. The normalized spacial score (nSPS) is 11.9. The van der Waals surface area contributed by atoms with E-state index in [1.807, 2.05) is 24.3 Å². The smallest absolute Gasteiger partial charge is 0.411 e. The molecule has 4 N–H and O–H groups in total. The molecule has 60 heavy (non-hydrogen) atoms. The molecule has 0 spiro atoms. The lowest BCUT2D eigenvalue weighted by atomic mass is 9.72. The van der Waals surface area contributed by atoms with Gasteiger partial charge in [-0.25, -0.2) is 19.2 Å². The second kappa shape index (κ2) is 16.9. The van der Waals surface area contributed by atoms with Crippen molar-refractivity contribution in [1.29, 1.82) is 0 Å². The second-order valence-corrected chi connectivity index (χ2v) is 14.1. The number of carbonyl (C=O) groups is 4. The predicted molar refractivity (Wildman–Crippen MR) is 209 cm³/mol. The minimum absolute atomic E-state index is 0.211. The number of alkyl halides is 6. The molecule has 0 unspecified atom stereocenters. The van der Waals surface area contributed by atoms with E-state index in [1.165, 1.54) is 11.1 Å². The van der Waals surface area contributed by atoms with E-state index in [-0.39, 0.29) is 16.5 Å².